The summed E-state index contributed by atoms with van der Waals surface area (Å²) < 4.78 is 1.72. The van der Waals surface area contributed by atoms with Crippen molar-refractivity contribution in [3.63, 3.8) is 0 Å². The Morgan fingerprint density at radius 1 is 1.20 bits per heavy atom. The number of aromatic amines is 1. The van der Waals surface area contributed by atoms with Crippen LogP contribution in [0.15, 0.2) is 48.8 Å². The SMILES string of the molecule is Cc1cc(CC(C)Nc2cc(-c3ccccc3)nc3ncnn23)n[nH]1. The molecule has 25 heavy (non-hydrogen) atoms. The van der Waals surface area contributed by atoms with Crippen LogP contribution >= 0.6 is 0 Å². The number of anilines is 1. The molecule has 0 bridgehead atoms. The van der Waals surface area contributed by atoms with Crippen LogP contribution in [0.2, 0.25) is 0 Å². The van der Waals surface area contributed by atoms with E-state index in [0.29, 0.717) is 5.78 Å². The fourth-order valence-electron chi connectivity index (χ4n) is 2.87. The molecule has 2 N–H and O–H groups in total. The highest BCUT2D eigenvalue weighted by molar-refractivity contribution is 5.65. The Hall–Kier alpha value is -3.22. The lowest BCUT2D eigenvalue weighted by Crippen LogP contribution is -2.20. The molecule has 126 valence electrons. The van der Waals surface area contributed by atoms with Crippen molar-refractivity contribution >= 4 is 11.6 Å². The molecule has 0 saturated carbocycles. The van der Waals surface area contributed by atoms with E-state index in [1.807, 2.05) is 43.3 Å². The van der Waals surface area contributed by atoms with E-state index in [9.17, 15) is 0 Å². The van der Waals surface area contributed by atoms with Gasteiger partial charge in [-0.2, -0.15) is 19.7 Å². The van der Waals surface area contributed by atoms with Crippen LogP contribution in [0, 0.1) is 6.92 Å². The average Bonchev–Trinajstić information content (AvgIpc) is 3.24. The van der Waals surface area contributed by atoms with E-state index in [1.54, 1.807) is 4.52 Å². The summed E-state index contributed by atoms with van der Waals surface area (Å²) in [7, 11) is 0. The third-order valence-corrected chi connectivity index (χ3v) is 3.99. The van der Waals surface area contributed by atoms with Gasteiger partial charge in [-0.1, -0.05) is 30.3 Å². The second-order valence-electron chi connectivity index (χ2n) is 6.16. The molecule has 4 aromatic rings. The third kappa shape index (κ3) is 3.21. The lowest BCUT2D eigenvalue weighted by Gasteiger charge is -2.15. The summed E-state index contributed by atoms with van der Waals surface area (Å²) in [6, 6.07) is 14.3. The van der Waals surface area contributed by atoms with Gasteiger partial charge < -0.3 is 5.32 Å². The Morgan fingerprint density at radius 2 is 2.04 bits per heavy atom. The number of nitrogens with zero attached hydrogens (tertiary/aromatic N) is 5. The minimum absolute atomic E-state index is 0.182. The Balaban J connectivity index is 1.65. The fourth-order valence-corrected chi connectivity index (χ4v) is 2.87. The van der Waals surface area contributed by atoms with E-state index in [0.717, 1.165) is 34.9 Å². The van der Waals surface area contributed by atoms with Gasteiger partial charge in [0.15, 0.2) is 0 Å². The van der Waals surface area contributed by atoms with Crippen LogP contribution in [-0.2, 0) is 6.42 Å². The number of nitrogens with one attached hydrogen (secondary N) is 2. The maximum Gasteiger partial charge on any atom is 0.254 e. The van der Waals surface area contributed by atoms with Crippen molar-refractivity contribution in [3.8, 4) is 11.3 Å². The quantitative estimate of drug-likeness (QED) is 0.587. The Morgan fingerprint density at radius 3 is 2.80 bits per heavy atom. The molecule has 0 amide bonds. The fraction of sp³-hybridized carbons (Fsp3) is 0.222. The van der Waals surface area contributed by atoms with Crippen LogP contribution in [0.5, 0.6) is 0 Å². The molecule has 1 atom stereocenters. The van der Waals surface area contributed by atoms with Crippen molar-refractivity contribution in [1.29, 1.82) is 0 Å². The summed E-state index contributed by atoms with van der Waals surface area (Å²) in [6.07, 6.45) is 2.33. The van der Waals surface area contributed by atoms with Crippen LogP contribution in [0.25, 0.3) is 17.0 Å². The molecule has 0 aliphatic carbocycles. The summed E-state index contributed by atoms with van der Waals surface area (Å²) in [6.45, 7) is 4.12. The van der Waals surface area contributed by atoms with E-state index in [4.69, 9.17) is 0 Å². The van der Waals surface area contributed by atoms with Crippen LogP contribution in [0.1, 0.15) is 18.3 Å². The van der Waals surface area contributed by atoms with E-state index in [2.05, 4.69) is 43.6 Å². The minimum Gasteiger partial charge on any atom is -0.367 e. The molecule has 0 saturated heterocycles. The number of hydrogen-bond acceptors (Lipinski definition) is 5. The van der Waals surface area contributed by atoms with Crippen molar-refractivity contribution in [2.24, 2.45) is 0 Å². The van der Waals surface area contributed by atoms with Crippen molar-refractivity contribution in [1.82, 2.24) is 29.8 Å². The molecule has 0 radical (unpaired) electrons. The van der Waals surface area contributed by atoms with Gasteiger partial charge in [-0.15, -0.1) is 0 Å². The molecular formula is C18H19N7. The standard InChI is InChI=1S/C18H19N7/c1-12(8-15-9-13(2)23-24-15)21-17-10-16(14-6-4-3-5-7-14)22-18-19-11-20-25(17)18/h3-7,9-12,21H,8H2,1-2H3,(H,23,24). The van der Waals surface area contributed by atoms with Crippen LogP contribution in [0.3, 0.4) is 0 Å². The van der Waals surface area contributed by atoms with Gasteiger partial charge in [0.1, 0.15) is 12.1 Å². The highest BCUT2D eigenvalue weighted by atomic mass is 15.4. The molecule has 1 aromatic carbocycles. The van der Waals surface area contributed by atoms with Crippen LogP contribution < -0.4 is 5.32 Å². The predicted molar refractivity (Wildman–Crippen MR) is 96.3 cm³/mol. The van der Waals surface area contributed by atoms with E-state index >= 15 is 0 Å². The van der Waals surface area contributed by atoms with E-state index in [1.165, 1.54) is 6.33 Å². The van der Waals surface area contributed by atoms with Gasteiger partial charge >= 0.3 is 0 Å². The summed E-state index contributed by atoms with van der Waals surface area (Å²) in [5.74, 6) is 1.44. The Kier molecular flexibility index (Phi) is 3.89. The zero-order valence-electron chi connectivity index (χ0n) is 14.1. The minimum atomic E-state index is 0.182. The monoisotopic (exact) mass is 333 g/mol. The maximum atomic E-state index is 4.59. The number of H-pyrrole nitrogens is 1. The molecular weight excluding hydrogens is 314 g/mol. The zero-order valence-corrected chi connectivity index (χ0v) is 14.1. The lowest BCUT2D eigenvalue weighted by atomic mass is 10.1. The Labute approximate surface area is 145 Å². The second kappa shape index (κ2) is 6.35. The summed E-state index contributed by atoms with van der Waals surface area (Å²) in [5.41, 5.74) is 4.01. The molecule has 0 aliphatic rings. The molecule has 0 spiro atoms. The molecule has 1 unspecified atom stereocenters. The van der Waals surface area contributed by atoms with Gasteiger partial charge in [0.05, 0.1) is 11.4 Å². The van der Waals surface area contributed by atoms with Crippen molar-refractivity contribution in [3.05, 3.63) is 60.2 Å². The number of rotatable bonds is 5. The normalized spacial score (nSPS) is 12.4. The van der Waals surface area contributed by atoms with E-state index < -0.39 is 0 Å². The highest BCUT2D eigenvalue weighted by Gasteiger charge is 2.12. The van der Waals surface area contributed by atoms with Crippen LogP contribution in [-0.4, -0.2) is 35.8 Å². The second-order valence-corrected chi connectivity index (χ2v) is 6.16. The smallest absolute Gasteiger partial charge is 0.254 e. The van der Waals surface area contributed by atoms with Gasteiger partial charge in [0.25, 0.3) is 5.78 Å². The molecule has 0 aliphatic heterocycles. The van der Waals surface area contributed by atoms with Crippen molar-refractivity contribution in [2.75, 3.05) is 5.32 Å². The molecule has 7 heteroatoms. The topological polar surface area (TPSA) is 83.8 Å². The van der Waals surface area contributed by atoms with Crippen LogP contribution in [0.4, 0.5) is 5.82 Å². The lowest BCUT2D eigenvalue weighted by molar-refractivity contribution is 0.750. The molecule has 3 aromatic heterocycles. The maximum absolute atomic E-state index is 4.59. The summed E-state index contributed by atoms with van der Waals surface area (Å²) >= 11 is 0. The van der Waals surface area contributed by atoms with Gasteiger partial charge in [0, 0.05) is 29.8 Å². The predicted octanol–water partition coefficient (Wildman–Crippen LogP) is 2.87. The molecule has 7 nitrogen and oxygen atoms in total. The van der Waals surface area contributed by atoms with Gasteiger partial charge in [-0.3, -0.25) is 5.10 Å². The summed E-state index contributed by atoms with van der Waals surface area (Å²) in [4.78, 5) is 8.84. The Bertz CT molecular complexity index is 987. The number of benzene rings is 1. The first-order valence-corrected chi connectivity index (χ1v) is 8.22. The highest BCUT2D eigenvalue weighted by Crippen LogP contribution is 2.22. The number of fused-ring (bicyclic) bond motifs is 1. The number of aryl methyl sites for hydroxylation is 1. The van der Waals surface area contributed by atoms with Gasteiger partial charge in [0.2, 0.25) is 0 Å². The number of aromatic nitrogens is 6. The molecule has 3 heterocycles. The van der Waals surface area contributed by atoms with Gasteiger partial charge in [-0.05, 0) is 19.9 Å². The molecule has 4 rings (SSSR count). The largest absolute Gasteiger partial charge is 0.367 e. The summed E-state index contributed by atoms with van der Waals surface area (Å²) in [5, 5.41) is 15.1. The average molecular weight is 333 g/mol. The first-order valence-electron chi connectivity index (χ1n) is 8.22. The zero-order chi connectivity index (χ0) is 17.2. The first kappa shape index (κ1) is 15.3. The van der Waals surface area contributed by atoms with Crippen molar-refractivity contribution in [2.45, 2.75) is 26.3 Å². The molecule has 0 fully saturated rings. The van der Waals surface area contributed by atoms with E-state index in [-0.39, 0.29) is 6.04 Å². The van der Waals surface area contributed by atoms with Gasteiger partial charge in [-0.25, -0.2) is 4.98 Å². The van der Waals surface area contributed by atoms with Crippen molar-refractivity contribution < 1.29 is 0 Å². The number of hydrogen-bond donors (Lipinski definition) is 2. The first-order chi connectivity index (χ1) is 12.2. The third-order valence-electron chi connectivity index (χ3n) is 3.99.